The first-order valence-electron chi connectivity index (χ1n) is 22.5. The van der Waals surface area contributed by atoms with E-state index in [1.807, 2.05) is 12.2 Å². The molecule has 0 aliphatic rings. The van der Waals surface area contributed by atoms with E-state index >= 15 is 0 Å². The average molecular weight is 798 g/mol. The molecule has 0 heterocycles. The number of hydrogen-bond acceptors (Lipinski definition) is 8. The maximum atomic E-state index is 12.6. The van der Waals surface area contributed by atoms with Crippen LogP contribution in [0.4, 0.5) is 0 Å². The van der Waals surface area contributed by atoms with Gasteiger partial charge in [-0.05, 0) is 38.5 Å². The molecule has 3 N–H and O–H groups in total. The van der Waals surface area contributed by atoms with Crippen molar-refractivity contribution in [3.63, 3.8) is 0 Å². The number of carbonyl (C=O) groups is 2. The monoisotopic (exact) mass is 798 g/mol. The molecule has 10 heteroatoms. The van der Waals surface area contributed by atoms with Crippen LogP contribution in [0.25, 0.3) is 0 Å². The predicted octanol–water partition coefficient (Wildman–Crippen LogP) is 12.9. The molecule has 0 aliphatic carbocycles. The van der Waals surface area contributed by atoms with Gasteiger partial charge in [-0.3, -0.25) is 18.6 Å². The van der Waals surface area contributed by atoms with Crippen molar-refractivity contribution in [2.24, 2.45) is 5.73 Å². The summed E-state index contributed by atoms with van der Waals surface area (Å²) in [5.41, 5.74) is 5.34. The van der Waals surface area contributed by atoms with Crippen LogP contribution >= 0.6 is 7.82 Å². The van der Waals surface area contributed by atoms with Crippen LogP contribution in [0, 0.1) is 0 Å². The number of rotatable bonds is 42. The van der Waals surface area contributed by atoms with Crippen LogP contribution in [-0.2, 0) is 32.7 Å². The molecule has 0 saturated heterocycles. The minimum absolute atomic E-state index is 0.0447. The first kappa shape index (κ1) is 53.2. The van der Waals surface area contributed by atoms with E-state index in [2.05, 4.69) is 38.2 Å². The van der Waals surface area contributed by atoms with Crippen molar-refractivity contribution in [2.45, 2.75) is 213 Å². The third-order valence-corrected chi connectivity index (χ3v) is 10.5. The van der Waals surface area contributed by atoms with Crippen molar-refractivity contribution in [1.29, 1.82) is 0 Å². The lowest BCUT2D eigenvalue weighted by molar-refractivity contribution is -0.161. The third-order valence-electron chi connectivity index (χ3n) is 9.54. The van der Waals surface area contributed by atoms with Crippen LogP contribution in [0.5, 0.6) is 0 Å². The summed E-state index contributed by atoms with van der Waals surface area (Å²) in [5.74, 6) is -0.910. The SMILES string of the molecule is CCCCCCCCCCCC=CCC=CCC=CCCC(=O)OC(COC(=O)CCCCCCCCCCCCCCCCC)COP(=O)(O)OCCN. The number of phosphoric acid groups is 1. The summed E-state index contributed by atoms with van der Waals surface area (Å²) in [4.78, 5) is 34.8. The topological polar surface area (TPSA) is 134 Å². The number of phosphoric ester groups is 1. The van der Waals surface area contributed by atoms with Gasteiger partial charge in [0, 0.05) is 19.4 Å². The quantitative estimate of drug-likeness (QED) is 0.0268. The average Bonchev–Trinajstić information content (AvgIpc) is 3.17. The molecule has 0 saturated carbocycles. The largest absolute Gasteiger partial charge is 0.472 e. The Hall–Kier alpha value is -1.77. The molecule has 0 spiro atoms. The zero-order valence-electron chi connectivity index (χ0n) is 35.4. The highest BCUT2D eigenvalue weighted by atomic mass is 31.2. The van der Waals surface area contributed by atoms with Crippen molar-refractivity contribution in [2.75, 3.05) is 26.4 Å². The molecule has 2 atom stereocenters. The summed E-state index contributed by atoms with van der Waals surface area (Å²) in [5, 5.41) is 0. The Kier molecular flexibility index (Phi) is 40.5. The van der Waals surface area contributed by atoms with E-state index in [9.17, 15) is 19.0 Å². The van der Waals surface area contributed by atoms with Gasteiger partial charge in [0.15, 0.2) is 6.10 Å². The lowest BCUT2D eigenvalue weighted by atomic mass is 10.0. The van der Waals surface area contributed by atoms with Gasteiger partial charge in [-0.2, -0.15) is 0 Å². The highest BCUT2D eigenvalue weighted by molar-refractivity contribution is 7.47. The summed E-state index contributed by atoms with van der Waals surface area (Å²) in [6.07, 6.45) is 46.2. The highest BCUT2D eigenvalue weighted by Gasteiger charge is 2.25. The van der Waals surface area contributed by atoms with Crippen LogP contribution in [0.1, 0.15) is 206 Å². The van der Waals surface area contributed by atoms with Crippen molar-refractivity contribution in [3.8, 4) is 0 Å². The number of nitrogens with two attached hydrogens (primary N) is 1. The van der Waals surface area contributed by atoms with E-state index in [4.69, 9.17) is 24.3 Å². The molecule has 0 radical (unpaired) electrons. The second-order valence-electron chi connectivity index (χ2n) is 14.9. The standard InChI is InChI=1S/C45H84NO8P/c1-3-5-7-9-11-13-15-17-19-20-21-22-24-26-28-30-32-34-36-38-45(48)54-43(42-53-55(49,50)52-40-39-46)41-51-44(47)37-35-33-31-29-27-25-23-18-16-14-12-10-8-6-4-2/h21-22,26,28,32,34,43H,3-20,23-25,27,29-31,33,35-42,46H2,1-2H3,(H,49,50). The Morgan fingerprint density at radius 1 is 0.545 bits per heavy atom. The number of hydrogen-bond donors (Lipinski definition) is 2. The number of carbonyl (C=O) groups excluding carboxylic acids is 2. The Morgan fingerprint density at radius 2 is 0.982 bits per heavy atom. The number of allylic oxidation sites excluding steroid dienone is 6. The van der Waals surface area contributed by atoms with Gasteiger partial charge in [-0.1, -0.05) is 192 Å². The molecule has 0 aliphatic heterocycles. The van der Waals surface area contributed by atoms with E-state index in [0.717, 1.165) is 38.5 Å². The Bertz CT molecular complexity index is 1000. The van der Waals surface area contributed by atoms with E-state index in [1.54, 1.807) is 0 Å². The normalized spacial score (nSPS) is 13.6. The van der Waals surface area contributed by atoms with Gasteiger partial charge in [0.1, 0.15) is 6.61 Å². The predicted molar refractivity (Wildman–Crippen MR) is 229 cm³/mol. The lowest BCUT2D eigenvalue weighted by Crippen LogP contribution is -2.29. The molecule has 2 unspecified atom stereocenters. The number of esters is 2. The first-order chi connectivity index (χ1) is 26.8. The van der Waals surface area contributed by atoms with Gasteiger partial charge < -0.3 is 20.1 Å². The molecule has 322 valence electrons. The summed E-state index contributed by atoms with van der Waals surface area (Å²) >= 11 is 0. The number of unbranched alkanes of at least 4 members (excludes halogenated alkanes) is 23. The van der Waals surface area contributed by atoms with Crippen LogP contribution in [0.15, 0.2) is 36.5 Å². The van der Waals surface area contributed by atoms with Crippen LogP contribution in [-0.4, -0.2) is 49.3 Å². The summed E-state index contributed by atoms with van der Waals surface area (Å²) < 4.78 is 32.7. The van der Waals surface area contributed by atoms with Crippen molar-refractivity contribution >= 4 is 19.8 Å². The summed E-state index contributed by atoms with van der Waals surface area (Å²) in [6, 6.07) is 0. The van der Waals surface area contributed by atoms with E-state index in [-0.39, 0.29) is 32.6 Å². The van der Waals surface area contributed by atoms with Gasteiger partial charge in [0.05, 0.1) is 13.2 Å². The fraction of sp³-hybridized carbons (Fsp3) is 0.822. The van der Waals surface area contributed by atoms with Crippen molar-refractivity contribution < 1.29 is 37.6 Å². The smallest absolute Gasteiger partial charge is 0.462 e. The van der Waals surface area contributed by atoms with Crippen LogP contribution in [0.3, 0.4) is 0 Å². The molecule has 0 aromatic rings. The first-order valence-corrected chi connectivity index (χ1v) is 24.0. The maximum absolute atomic E-state index is 12.6. The molecule has 9 nitrogen and oxygen atoms in total. The minimum atomic E-state index is -4.39. The second-order valence-corrected chi connectivity index (χ2v) is 16.4. The highest BCUT2D eigenvalue weighted by Crippen LogP contribution is 2.43. The summed E-state index contributed by atoms with van der Waals surface area (Å²) in [7, 11) is -4.39. The molecule has 0 bridgehead atoms. The molecule has 0 fully saturated rings. The Labute approximate surface area is 337 Å². The van der Waals surface area contributed by atoms with Crippen molar-refractivity contribution in [1.82, 2.24) is 0 Å². The van der Waals surface area contributed by atoms with E-state index in [0.29, 0.717) is 6.42 Å². The Morgan fingerprint density at radius 3 is 1.47 bits per heavy atom. The Balaban J connectivity index is 4.22. The lowest BCUT2D eigenvalue weighted by Gasteiger charge is -2.19. The minimum Gasteiger partial charge on any atom is -0.462 e. The van der Waals surface area contributed by atoms with Crippen LogP contribution < -0.4 is 5.73 Å². The molecule has 0 rings (SSSR count). The zero-order chi connectivity index (χ0) is 40.3. The van der Waals surface area contributed by atoms with Gasteiger partial charge in [0.2, 0.25) is 0 Å². The van der Waals surface area contributed by atoms with E-state index < -0.39 is 32.5 Å². The van der Waals surface area contributed by atoms with Crippen molar-refractivity contribution in [3.05, 3.63) is 36.5 Å². The zero-order valence-corrected chi connectivity index (χ0v) is 36.3. The molecular weight excluding hydrogens is 713 g/mol. The molecule has 0 aromatic heterocycles. The van der Waals surface area contributed by atoms with Gasteiger partial charge in [0.25, 0.3) is 0 Å². The molecule has 0 aromatic carbocycles. The molecule has 0 amide bonds. The van der Waals surface area contributed by atoms with Gasteiger partial charge in [-0.15, -0.1) is 0 Å². The van der Waals surface area contributed by atoms with Gasteiger partial charge in [-0.25, -0.2) is 4.57 Å². The fourth-order valence-corrected chi connectivity index (χ4v) is 6.96. The molecular formula is C45H84NO8P. The fourth-order valence-electron chi connectivity index (χ4n) is 6.19. The van der Waals surface area contributed by atoms with E-state index in [1.165, 1.54) is 135 Å². The second kappa shape index (κ2) is 41.9. The maximum Gasteiger partial charge on any atom is 0.472 e. The van der Waals surface area contributed by atoms with Crippen LogP contribution in [0.2, 0.25) is 0 Å². The number of ether oxygens (including phenoxy) is 2. The summed E-state index contributed by atoms with van der Waals surface area (Å²) in [6.45, 7) is 3.68. The third kappa shape index (κ3) is 41.7. The van der Waals surface area contributed by atoms with Gasteiger partial charge >= 0.3 is 19.8 Å². The molecule has 55 heavy (non-hydrogen) atoms.